The van der Waals surface area contributed by atoms with E-state index in [2.05, 4.69) is 0 Å². The van der Waals surface area contributed by atoms with Gasteiger partial charge in [0.05, 0.1) is 12.1 Å². The third-order valence-electron chi connectivity index (χ3n) is 8.19. The molecule has 0 aromatic heterocycles. The molecule has 2 heterocycles. The third-order valence-corrected chi connectivity index (χ3v) is 8.19. The number of piperazine rings is 1. The zero-order valence-corrected chi connectivity index (χ0v) is 26.8. The molecule has 11 heteroatoms. The van der Waals surface area contributed by atoms with Crippen molar-refractivity contribution in [3.63, 3.8) is 0 Å². The highest BCUT2D eigenvalue weighted by Crippen LogP contribution is 2.49. The van der Waals surface area contributed by atoms with Crippen LogP contribution in [0.2, 0.25) is 0 Å². The van der Waals surface area contributed by atoms with Gasteiger partial charge >= 0.3 is 12.2 Å². The van der Waals surface area contributed by atoms with Crippen molar-refractivity contribution in [3.8, 4) is 5.75 Å². The number of nitrogens with zero attached hydrogens (tertiary/aromatic N) is 3. The minimum absolute atomic E-state index is 0.0712. The number of halogens is 2. The molecule has 1 aliphatic carbocycles. The summed E-state index contributed by atoms with van der Waals surface area (Å²) < 4.78 is 46.7. The number of hydrogen-bond acceptors (Lipinski definition) is 6. The summed E-state index contributed by atoms with van der Waals surface area (Å²) >= 11 is 0. The van der Waals surface area contributed by atoms with Crippen LogP contribution in [0.1, 0.15) is 77.8 Å². The lowest BCUT2D eigenvalue weighted by Gasteiger charge is -2.41. The van der Waals surface area contributed by atoms with Crippen LogP contribution in [0.3, 0.4) is 0 Å². The fourth-order valence-electron chi connectivity index (χ4n) is 6.20. The third kappa shape index (κ3) is 7.86. The Hall–Kier alpha value is -3.89. The number of fused-ring (bicyclic) bond motifs is 2. The molecule has 244 valence electrons. The average Bonchev–Trinajstić information content (AvgIpc) is 3.67. The van der Waals surface area contributed by atoms with Gasteiger partial charge in [0.1, 0.15) is 30.2 Å². The Morgan fingerprint density at radius 1 is 0.911 bits per heavy atom. The van der Waals surface area contributed by atoms with Crippen molar-refractivity contribution in [1.29, 1.82) is 0 Å². The van der Waals surface area contributed by atoms with Gasteiger partial charge < -0.3 is 19.1 Å². The molecule has 3 fully saturated rings. The van der Waals surface area contributed by atoms with Crippen molar-refractivity contribution in [2.75, 3.05) is 19.6 Å². The Bertz CT molecular complexity index is 1410. The summed E-state index contributed by atoms with van der Waals surface area (Å²) in [5.41, 5.74) is -0.329. The molecule has 3 aliphatic rings. The maximum atomic E-state index is 15.1. The molecule has 2 aliphatic heterocycles. The summed E-state index contributed by atoms with van der Waals surface area (Å²) in [6, 6.07) is 10.4. The van der Waals surface area contributed by atoms with Crippen LogP contribution >= 0.6 is 0 Å². The maximum Gasteiger partial charge on any atom is 0.411 e. The van der Waals surface area contributed by atoms with Crippen molar-refractivity contribution < 1.29 is 37.4 Å². The SMILES string of the molecule is CC(C)(C)OC(=O)N1C2CCC1CN(C(=O)CN(C(=O)OC(C)(C)C)[C@@H]1C[C@H]1c1cc(F)cc(F)c1OCc1ccccc1)C2. The first-order valence-electron chi connectivity index (χ1n) is 15.5. The molecule has 0 radical (unpaired) electrons. The molecule has 45 heavy (non-hydrogen) atoms. The Morgan fingerprint density at radius 2 is 1.53 bits per heavy atom. The lowest BCUT2D eigenvalue weighted by atomic mass is 10.1. The molecule has 2 saturated heterocycles. The van der Waals surface area contributed by atoms with Crippen molar-refractivity contribution in [2.45, 2.75) is 103 Å². The zero-order valence-electron chi connectivity index (χ0n) is 26.8. The number of carbonyl (C=O) groups is 3. The summed E-state index contributed by atoms with van der Waals surface area (Å²) in [4.78, 5) is 44.9. The Kier molecular flexibility index (Phi) is 9.01. The second-order valence-electron chi connectivity index (χ2n) is 14.2. The van der Waals surface area contributed by atoms with Gasteiger partial charge in [-0.2, -0.15) is 0 Å². The molecule has 2 unspecified atom stereocenters. The Labute approximate surface area is 263 Å². The van der Waals surface area contributed by atoms with Crippen LogP contribution in [-0.4, -0.2) is 81.8 Å². The molecule has 0 spiro atoms. The first-order chi connectivity index (χ1) is 21.1. The van der Waals surface area contributed by atoms with E-state index < -0.39 is 40.9 Å². The van der Waals surface area contributed by atoms with Gasteiger partial charge in [0.15, 0.2) is 11.6 Å². The standard InChI is InChI=1S/C34H43F2N3O6/c1-33(2,3)44-31(41)38(19-29(40)37-17-23-12-13-24(18-37)39(23)32(42)45-34(4,5)6)28-16-25(28)26-14-22(35)15-27(36)30(26)43-20-21-10-8-7-9-11-21/h7-11,14-15,23-25,28H,12-13,16-20H2,1-6H3/t23?,24?,25-,28+/m0/s1. The number of amides is 3. The molecule has 9 nitrogen and oxygen atoms in total. The van der Waals surface area contributed by atoms with Gasteiger partial charge in [0.2, 0.25) is 5.91 Å². The number of likely N-dealkylation sites (tertiary alicyclic amines) is 1. The van der Waals surface area contributed by atoms with Crippen LogP contribution in [-0.2, 0) is 20.9 Å². The fraction of sp³-hybridized carbons (Fsp3) is 0.559. The lowest BCUT2D eigenvalue weighted by molar-refractivity contribution is -0.136. The van der Waals surface area contributed by atoms with Crippen molar-refractivity contribution in [2.24, 2.45) is 0 Å². The molecule has 2 aromatic rings. The predicted octanol–water partition coefficient (Wildman–Crippen LogP) is 6.25. The first kappa shape index (κ1) is 32.5. The number of carbonyl (C=O) groups excluding carboxylic acids is 3. The molecule has 1 saturated carbocycles. The van der Waals surface area contributed by atoms with E-state index in [1.807, 2.05) is 51.1 Å². The van der Waals surface area contributed by atoms with Gasteiger partial charge in [-0.25, -0.2) is 18.4 Å². The second kappa shape index (κ2) is 12.5. The normalized spacial score (nSPS) is 22.6. The summed E-state index contributed by atoms with van der Waals surface area (Å²) in [6.45, 7) is 11.1. The van der Waals surface area contributed by atoms with Crippen LogP contribution in [0, 0.1) is 11.6 Å². The van der Waals surface area contributed by atoms with Crippen molar-refractivity contribution >= 4 is 18.1 Å². The minimum Gasteiger partial charge on any atom is -0.486 e. The second-order valence-corrected chi connectivity index (χ2v) is 14.2. The molecule has 2 aromatic carbocycles. The van der Waals surface area contributed by atoms with Crippen LogP contribution < -0.4 is 4.74 Å². The zero-order chi connectivity index (χ0) is 32.7. The van der Waals surface area contributed by atoms with E-state index in [1.165, 1.54) is 11.0 Å². The topological polar surface area (TPSA) is 88.6 Å². The van der Waals surface area contributed by atoms with E-state index in [9.17, 15) is 18.8 Å². The number of ether oxygens (including phenoxy) is 3. The van der Waals surface area contributed by atoms with Crippen LogP contribution in [0.5, 0.6) is 5.75 Å². The van der Waals surface area contributed by atoms with Crippen LogP contribution in [0.25, 0.3) is 0 Å². The quantitative estimate of drug-likeness (QED) is 0.361. The van der Waals surface area contributed by atoms with E-state index in [4.69, 9.17) is 14.2 Å². The van der Waals surface area contributed by atoms with E-state index in [0.29, 0.717) is 25.1 Å². The molecule has 4 atom stereocenters. The summed E-state index contributed by atoms with van der Waals surface area (Å²) in [5.74, 6) is -2.39. The molecular weight excluding hydrogens is 584 g/mol. The Balaban J connectivity index is 1.32. The van der Waals surface area contributed by atoms with Crippen LogP contribution in [0.15, 0.2) is 42.5 Å². The minimum atomic E-state index is -0.829. The van der Waals surface area contributed by atoms with Crippen LogP contribution in [0.4, 0.5) is 18.4 Å². The maximum absolute atomic E-state index is 15.1. The predicted molar refractivity (Wildman–Crippen MR) is 163 cm³/mol. The highest BCUT2D eigenvalue weighted by molar-refractivity contribution is 5.83. The molecule has 3 amide bonds. The van der Waals surface area contributed by atoms with Gasteiger partial charge in [-0.1, -0.05) is 30.3 Å². The summed E-state index contributed by atoms with van der Waals surface area (Å²) in [7, 11) is 0. The highest BCUT2D eigenvalue weighted by atomic mass is 19.1. The smallest absolute Gasteiger partial charge is 0.411 e. The first-order valence-corrected chi connectivity index (χ1v) is 15.5. The molecular formula is C34H43F2N3O6. The fourth-order valence-corrected chi connectivity index (χ4v) is 6.20. The number of rotatable bonds is 7. The Morgan fingerprint density at radius 3 is 2.13 bits per heavy atom. The summed E-state index contributed by atoms with van der Waals surface area (Å²) in [5, 5.41) is 0. The van der Waals surface area contributed by atoms with Gasteiger partial charge in [0, 0.05) is 36.7 Å². The van der Waals surface area contributed by atoms with E-state index in [-0.39, 0.29) is 43.0 Å². The lowest BCUT2D eigenvalue weighted by Crippen LogP contribution is -2.59. The van der Waals surface area contributed by atoms with Gasteiger partial charge in [-0.3, -0.25) is 14.6 Å². The monoisotopic (exact) mass is 627 g/mol. The number of hydrogen-bond donors (Lipinski definition) is 0. The van der Waals surface area contributed by atoms with E-state index in [0.717, 1.165) is 24.5 Å². The molecule has 5 rings (SSSR count). The van der Waals surface area contributed by atoms with E-state index >= 15 is 4.39 Å². The van der Waals surface area contributed by atoms with Gasteiger partial charge in [-0.15, -0.1) is 0 Å². The van der Waals surface area contributed by atoms with Crippen molar-refractivity contribution in [3.05, 3.63) is 65.2 Å². The number of benzene rings is 2. The average molecular weight is 628 g/mol. The molecule has 2 bridgehead atoms. The van der Waals surface area contributed by atoms with E-state index in [1.54, 1.807) is 30.6 Å². The van der Waals surface area contributed by atoms with Gasteiger partial charge in [0.25, 0.3) is 0 Å². The largest absolute Gasteiger partial charge is 0.486 e. The highest BCUT2D eigenvalue weighted by Gasteiger charge is 2.50. The van der Waals surface area contributed by atoms with Gasteiger partial charge in [-0.05, 0) is 72.4 Å². The molecule has 0 N–H and O–H groups in total. The van der Waals surface area contributed by atoms with Crippen molar-refractivity contribution in [1.82, 2.24) is 14.7 Å². The summed E-state index contributed by atoms with van der Waals surface area (Å²) in [6.07, 6.45) is 0.832.